The quantitative estimate of drug-likeness (QED) is 0.0466. The zero-order valence-electron chi connectivity index (χ0n) is 35.2. The van der Waals surface area contributed by atoms with Gasteiger partial charge in [0.2, 0.25) is 0 Å². The highest BCUT2D eigenvalue weighted by Gasteiger charge is 2.10. The van der Waals surface area contributed by atoms with Crippen LogP contribution in [0.3, 0.4) is 0 Å². The van der Waals surface area contributed by atoms with E-state index >= 15 is 0 Å². The second-order valence-electron chi connectivity index (χ2n) is 15.2. The molecule has 0 saturated carbocycles. The Morgan fingerprint density at radius 3 is 1.23 bits per heavy atom. The third kappa shape index (κ3) is 18.3. The molecular formula is C53H67BrO3. The third-order valence-electron chi connectivity index (χ3n) is 10.4. The van der Waals surface area contributed by atoms with Crippen molar-refractivity contribution in [3.05, 3.63) is 112 Å². The van der Waals surface area contributed by atoms with Crippen LogP contribution < -0.4 is 14.2 Å². The Morgan fingerprint density at radius 1 is 0.421 bits per heavy atom. The van der Waals surface area contributed by atoms with E-state index in [1.54, 1.807) is 7.11 Å². The highest BCUT2D eigenvalue weighted by Crippen LogP contribution is 2.31. The average Bonchev–Trinajstić information content (AvgIpc) is 3.24. The number of hydrogen-bond donors (Lipinski definition) is 0. The van der Waals surface area contributed by atoms with Crippen LogP contribution in [-0.2, 0) is 0 Å². The van der Waals surface area contributed by atoms with E-state index in [1.807, 2.05) is 60.7 Å². The molecule has 4 aromatic carbocycles. The largest absolute Gasteiger partial charge is 0.497 e. The normalized spacial score (nSPS) is 10.7. The maximum absolute atomic E-state index is 6.04. The van der Waals surface area contributed by atoms with Crippen molar-refractivity contribution < 1.29 is 14.2 Å². The summed E-state index contributed by atoms with van der Waals surface area (Å²) in [6, 6.07) is 28.5. The highest BCUT2D eigenvalue weighted by molar-refractivity contribution is 9.10. The second kappa shape index (κ2) is 28.3. The predicted molar refractivity (Wildman–Crippen MR) is 246 cm³/mol. The maximum atomic E-state index is 6.04. The summed E-state index contributed by atoms with van der Waals surface area (Å²) in [5.41, 5.74) is 5.77. The van der Waals surface area contributed by atoms with Gasteiger partial charge in [-0.05, 0) is 113 Å². The first kappa shape index (κ1) is 45.6. The lowest BCUT2D eigenvalue weighted by atomic mass is 9.97. The van der Waals surface area contributed by atoms with Crippen molar-refractivity contribution in [3.63, 3.8) is 0 Å². The molecule has 0 N–H and O–H groups in total. The summed E-state index contributed by atoms with van der Waals surface area (Å²) >= 11 is 3.80. The zero-order chi connectivity index (χ0) is 40.2. The molecule has 0 amide bonds. The minimum atomic E-state index is 0.759. The molecular weight excluding hydrogens is 764 g/mol. The summed E-state index contributed by atoms with van der Waals surface area (Å²) in [6.07, 6.45) is 26.5. The molecule has 0 fully saturated rings. The Morgan fingerprint density at radius 2 is 0.807 bits per heavy atom. The molecule has 57 heavy (non-hydrogen) atoms. The van der Waals surface area contributed by atoms with Crippen LogP contribution in [0.2, 0.25) is 0 Å². The fourth-order valence-corrected chi connectivity index (χ4v) is 7.33. The Bertz CT molecular complexity index is 1800. The number of unbranched alkanes of at least 4 members (excludes halogenated alkanes) is 18. The number of halogens is 1. The monoisotopic (exact) mass is 830 g/mol. The standard InChI is InChI=1S/C53H67BrO3/c1-4-6-8-10-12-14-16-18-20-22-40-56-50-34-26-44(27-35-50)24-30-47-43-53(54)48(42-52(47)46-32-38-49(55-3)39-33-46)31-25-45-28-36-51(37-29-45)57-41-23-21-19-17-15-13-11-9-7-5-2/h26-29,32-39,42-43H,4-23,40-41H2,1-3H3. The molecule has 0 spiro atoms. The first-order valence-electron chi connectivity index (χ1n) is 22.1. The molecule has 0 aromatic heterocycles. The summed E-state index contributed by atoms with van der Waals surface area (Å²) in [5, 5.41) is 0. The lowest BCUT2D eigenvalue weighted by molar-refractivity contribution is 0.304. The first-order chi connectivity index (χ1) is 28.1. The molecule has 0 unspecified atom stereocenters. The molecule has 4 aromatic rings. The van der Waals surface area contributed by atoms with Gasteiger partial charge in [0.05, 0.1) is 20.3 Å². The lowest BCUT2D eigenvalue weighted by Crippen LogP contribution is -1.97. The van der Waals surface area contributed by atoms with E-state index in [0.29, 0.717) is 0 Å². The zero-order valence-corrected chi connectivity index (χ0v) is 36.8. The Kier molecular flexibility index (Phi) is 22.6. The highest BCUT2D eigenvalue weighted by atomic mass is 79.9. The van der Waals surface area contributed by atoms with Crippen LogP contribution in [0.25, 0.3) is 11.1 Å². The SMILES string of the molecule is CCCCCCCCCCCCOc1ccc(C#Cc2cc(-c3ccc(OC)cc3)c(C#Cc3ccc(OCCCCCCCCCCCC)cc3)cc2Br)cc1. The number of rotatable bonds is 26. The second-order valence-corrected chi connectivity index (χ2v) is 16.1. The van der Waals surface area contributed by atoms with Gasteiger partial charge in [0, 0.05) is 26.7 Å². The van der Waals surface area contributed by atoms with Crippen molar-refractivity contribution in [1.29, 1.82) is 0 Å². The predicted octanol–water partition coefficient (Wildman–Crippen LogP) is 15.5. The molecule has 0 radical (unpaired) electrons. The molecule has 0 aliphatic carbocycles. The maximum Gasteiger partial charge on any atom is 0.119 e. The van der Waals surface area contributed by atoms with Crippen molar-refractivity contribution in [2.75, 3.05) is 20.3 Å². The molecule has 4 rings (SSSR count). The van der Waals surface area contributed by atoms with Gasteiger partial charge in [0.1, 0.15) is 17.2 Å². The number of hydrogen-bond acceptors (Lipinski definition) is 3. The van der Waals surface area contributed by atoms with E-state index in [2.05, 4.69) is 77.7 Å². The molecule has 0 aliphatic heterocycles. The Hall–Kier alpha value is -4.12. The number of methoxy groups -OCH3 is 1. The Balaban J connectivity index is 1.30. The summed E-state index contributed by atoms with van der Waals surface area (Å²) < 4.78 is 18.4. The van der Waals surface area contributed by atoms with Gasteiger partial charge in [-0.1, -0.05) is 165 Å². The fourth-order valence-electron chi connectivity index (χ4n) is 6.89. The van der Waals surface area contributed by atoms with E-state index in [0.717, 1.165) is 81.2 Å². The molecule has 0 saturated heterocycles. The Labute approximate surface area is 354 Å². The number of benzene rings is 4. The van der Waals surface area contributed by atoms with Crippen molar-refractivity contribution in [3.8, 4) is 52.1 Å². The van der Waals surface area contributed by atoms with Gasteiger partial charge >= 0.3 is 0 Å². The van der Waals surface area contributed by atoms with Gasteiger partial charge in [-0.2, -0.15) is 0 Å². The van der Waals surface area contributed by atoms with Crippen molar-refractivity contribution >= 4 is 15.9 Å². The first-order valence-corrected chi connectivity index (χ1v) is 22.9. The summed E-state index contributed by atoms with van der Waals surface area (Å²) in [7, 11) is 1.69. The smallest absolute Gasteiger partial charge is 0.119 e. The minimum absolute atomic E-state index is 0.759. The van der Waals surface area contributed by atoms with Crippen molar-refractivity contribution in [2.24, 2.45) is 0 Å². The summed E-state index contributed by atoms with van der Waals surface area (Å²) in [6.45, 7) is 6.07. The van der Waals surface area contributed by atoms with E-state index in [4.69, 9.17) is 14.2 Å². The summed E-state index contributed by atoms with van der Waals surface area (Å²) in [5.74, 6) is 16.2. The molecule has 0 atom stereocenters. The number of ether oxygens (including phenoxy) is 3. The molecule has 3 nitrogen and oxygen atoms in total. The van der Waals surface area contributed by atoms with Gasteiger partial charge in [-0.25, -0.2) is 0 Å². The summed E-state index contributed by atoms with van der Waals surface area (Å²) in [4.78, 5) is 0. The van der Waals surface area contributed by atoms with Crippen molar-refractivity contribution in [2.45, 2.75) is 142 Å². The minimum Gasteiger partial charge on any atom is -0.497 e. The van der Waals surface area contributed by atoms with E-state index in [9.17, 15) is 0 Å². The van der Waals surface area contributed by atoms with Crippen LogP contribution >= 0.6 is 15.9 Å². The molecule has 0 bridgehead atoms. The van der Waals surface area contributed by atoms with Crippen LogP contribution in [0.1, 0.15) is 165 Å². The van der Waals surface area contributed by atoms with Crippen LogP contribution in [-0.4, -0.2) is 20.3 Å². The van der Waals surface area contributed by atoms with Crippen LogP contribution in [0, 0.1) is 23.7 Å². The fraction of sp³-hybridized carbons (Fsp3) is 0.472. The van der Waals surface area contributed by atoms with Gasteiger partial charge in [0.25, 0.3) is 0 Å². The van der Waals surface area contributed by atoms with Crippen LogP contribution in [0.5, 0.6) is 17.2 Å². The van der Waals surface area contributed by atoms with E-state index in [-0.39, 0.29) is 0 Å². The molecule has 304 valence electrons. The molecule has 0 heterocycles. The van der Waals surface area contributed by atoms with E-state index in [1.165, 1.54) is 116 Å². The topological polar surface area (TPSA) is 27.7 Å². The average molecular weight is 832 g/mol. The van der Waals surface area contributed by atoms with Gasteiger partial charge in [-0.3, -0.25) is 0 Å². The van der Waals surface area contributed by atoms with Gasteiger partial charge in [-0.15, -0.1) is 0 Å². The van der Waals surface area contributed by atoms with Gasteiger partial charge in [0.15, 0.2) is 0 Å². The van der Waals surface area contributed by atoms with Crippen molar-refractivity contribution in [1.82, 2.24) is 0 Å². The lowest BCUT2D eigenvalue weighted by Gasteiger charge is -2.09. The third-order valence-corrected chi connectivity index (χ3v) is 11.1. The molecule has 0 aliphatic rings. The van der Waals surface area contributed by atoms with E-state index < -0.39 is 0 Å². The van der Waals surface area contributed by atoms with Crippen LogP contribution in [0.4, 0.5) is 0 Å². The van der Waals surface area contributed by atoms with Crippen LogP contribution in [0.15, 0.2) is 89.4 Å². The van der Waals surface area contributed by atoms with Gasteiger partial charge < -0.3 is 14.2 Å². The molecule has 4 heteroatoms.